The number of rotatable bonds is 10. The van der Waals surface area contributed by atoms with Crippen molar-refractivity contribution in [1.82, 2.24) is 4.90 Å². The summed E-state index contributed by atoms with van der Waals surface area (Å²) >= 11 is 0. The first-order valence-electron chi connectivity index (χ1n) is 11.6. The molecule has 1 heterocycles. The van der Waals surface area contributed by atoms with E-state index in [1.807, 2.05) is 50.2 Å². The number of amides is 2. The van der Waals surface area contributed by atoms with Crippen LogP contribution in [0.5, 0.6) is 0 Å². The monoisotopic (exact) mass is 451 g/mol. The van der Waals surface area contributed by atoms with Crippen molar-refractivity contribution in [3.8, 4) is 0 Å². The summed E-state index contributed by atoms with van der Waals surface area (Å²) in [5, 5.41) is 0. The highest BCUT2D eigenvalue weighted by Crippen LogP contribution is 2.25. The van der Waals surface area contributed by atoms with Crippen LogP contribution in [0.4, 0.5) is 4.79 Å². The number of nitrogens with zero attached hydrogens (tertiary/aromatic N) is 1. The molecule has 6 heteroatoms. The summed E-state index contributed by atoms with van der Waals surface area (Å²) in [6.45, 7) is 6.55. The average Bonchev–Trinajstić information content (AvgIpc) is 3.17. The second-order valence-electron chi connectivity index (χ2n) is 9.18. The standard InChI is InChI=1S/C27H33NO5/c1-19(14-20(2)17-32-26(30)23-12-8-5-9-13-23)15-21(3)25(29)28-24(18-33-27(28)31)16-22-10-6-4-7-11-22/h4-13,19-21,24H,14-18H2,1-3H3/t19-,20+,21-,24-/m0/s1. The van der Waals surface area contributed by atoms with Crippen LogP contribution in [-0.4, -0.2) is 42.1 Å². The molecule has 2 aromatic carbocycles. The van der Waals surface area contributed by atoms with Crippen molar-refractivity contribution < 1.29 is 23.9 Å². The number of esters is 1. The number of cyclic esters (lactones) is 1. The normalized spacial score (nSPS) is 18.3. The van der Waals surface area contributed by atoms with E-state index in [0.717, 1.165) is 12.0 Å². The van der Waals surface area contributed by atoms with Crippen molar-refractivity contribution in [2.45, 2.75) is 46.1 Å². The fraction of sp³-hybridized carbons (Fsp3) is 0.444. The predicted octanol–water partition coefficient (Wildman–Crippen LogP) is 5.12. The van der Waals surface area contributed by atoms with Crippen molar-refractivity contribution >= 4 is 18.0 Å². The molecule has 0 unspecified atom stereocenters. The van der Waals surface area contributed by atoms with E-state index in [4.69, 9.17) is 9.47 Å². The molecule has 1 saturated heterocycles. The van der Waals surface area contributed by atoms with Gasteiger partial charge in [-0.15, -0.1) is 0 Å². The highest BCUT2D eigenvalue weighted by molar-refractivity contribution is 5.94. The van der Waals surface area contributed by atoms with E-state index in [-0.39, 0.29) is 42.3 Å². The fourth-order valence-electron chi connectivity index (χ4n) is 4.44. The summed E-state index contributed by atoms with van der Waals surface area (Å²) in [4.78, 5) is 38.8. The topological polar surface area (TPSA) is 72.9 Å². The lowest BCUT2D eigenvalue weighted by molar-refractivity contribution is -0.133. The maximum absolute atomic E-state index is 13.1. The number of ether oxygens (including phenoxy) is 2. The molecular formula is C27H33NO5. The fourth-order valence-corrected chi connectivity index (χ4v) is 4.44. The Hall–Kier alpha value is -3.15. The van der Waals surface area contributed by atoms with Gasteiger partial charge in [0.15, 0.2) is 0 Å². The van der Waals surface area contributed by atoms with Crippen molar-refractivity contribution in [2.24, 2.45) is 17.8 Å². The molecule has 3 rings (SSSR count). The molecule has 0 N–H and O–H groups in total. The van der Waals surface area contributed by atoms with Gasteiger partial charge in [0.25, 0.3) is 0 Å². The molecule has 33 heavy (non-hydrogen) atoms. The number of hydrogen-bond acceptors (Lipinski definition) is 5. The highest BCUT2D eigenvalue weighted by Gasteiger charge is 2.39. The molecular weight excluding hydrogens is 418 g/mol. The molecule has 1 fully saturated rings. The van der Waals surface area contributed by atoms with Crippen molar-refractivity contribution in [2.75, 3.05) is 13.2 Å². The van der Waals surface area contributed by atoms with Crippen LogP contribution in [0.1, 0.15) is 49.5 Å². The van der Waals surface area contributed by atoms with Crippen LogP contribution in [0.3, 0.4) is 0 Å². The minimum atomic E-state index is -0.554. The molecule has 0 bridgehead atoms. The van der Waals surface area contributed by atoms with Gasteiger partial charge in [-0.25, -0.2) is 14.5 Å². The SMILES string of the molecule is C[C@@H](COC(=O)c1ccccc1)C[C@H](C)C[C@H](C)C(=O)N1C(=O)OC[C@@H]1Cc1ccccc1. The number of hydrogen-bond donors (Lipinski definition) is 0. The second-order valence-corrected chi connectivity index (χ2v) is 9.18. The van der Waals surface area contributed by atoms with Crippen LogP contribution in [0.15, 0.2) is 60.7 Å². The average molecular weight is 452 g/mol. The van der Waals surface area contributed by atoms with Gasteiger partial charge in [0.05, 0.1) is 18.2 Å². The summed E-state index contributed by atoms with van der Waals surface area (Å²) in [7, 11) is 0. The van der Waals surface area contributed by atoms with E-state index in [0.29, 0.717) is 25.0 Å². The maximum Gasteiger partial charge on any atom is 0.416 e. The van der Waals surface area contributed by atoms with Gasteiger partial charge in [-0.1, -0.05) is 69.3 Å². The molecule has 4 atom stereocenters. The highest BCUT2D eigenvalue weighted by atomic mass is 16.6. The number of carbonyl (C=O) groups is 3. The Balaban J connectivity index is 1.47. The Morgan fingerprint density at radius 2 is 1.61 bits per heavy atom. The summed E-state index contributed by atoms with van der Waals surface area (Å²) in [5.41, 5.74) is 1.61. The molecule has 0 spiro atoms. The predicted molar refractivity (Wildman–Crippen MR) is 126 cm³/mol. The Morgan fingerprint density at radius 3 is 2.27 bits per heavy atom. The second kappa shape index (κ2) is 11.6. The summed E-state index contributed by atoms with van der Waals surface area (Å²) < 4.78 is 10.6. The van der Waals surface area contributed by atoms with Gasteiger partial charge in [-0.05, 0) is 48.8 Å². The molecule has 0 aromatic heterocycles. The molecule has 0 aliphatic carbocycles. The summed E-state index contributed by atoms with van der Waals surface area (Å²) in [5.74, 6) is -0.412. The first-order chi connectivity index (χ1) is 15.8. The first-order valence-corrected chi connectivity index (χ1v) is 11.6. The third-order valence-electron chi connectivity index (χ3n) is 6.00. The molecule has 1 aliphatic heterocycles. The zero-order chi connectivity index (χ0) is 23.8. The molecule has 6 nitrogen and oxygen atoms in total. The van der Waals surface area contributed by atoms with Crippen LogP contribution in [0.25, 0.3) is 0 Å². The Kier molecular flexibility index (Phi) is 8.64. The molecule has 2 amide bonds. The van der Waals surface area contributed by atoms with E-state index < -0.39 is 6.09 Å². The Labute approximate surface area is 195 Å². The van der Waals surface area contributed by atoms with Gasteiger partial charge < -0.3 is 9.47 Å². The van der Waals surface area contributed by atoms with Gasteiger partial charge in [-0.3, -0.25) is 4.79 Å². The lowest BCUT2D eigenvalue weighted by Crippen LogP contribution is -2.43. The van der Waals surface area contributed by atoms with E-state index in [2.05, 4.69) is 6.92 Å². The molecule has 0 saturated carbocycles. The molecule has 1 aliphatic rings. The zero-order valence-electron chi connectivity index (χ0n) is 19.6. The lowest BCUT2D eigenvalue weighted by atomic mass is 9.89. The van der Waals surface area contributed by atoms with Gasteiger partial charge in [0, 0.05) is 5.92 Å². The molecule has 2 aromatic rings. The van der Waals surface area contributed by atoms with Crippen molar-refractivity contribution in [1.29, 1.82) is 0 Å². The van der Waals surface area contributed by atoms with E-state index in [1.165, 1.54) is 4.90 Å². The van der Waals surface area contributed by atoms with Crippen LogP contribution >= 0.6 is 0 Å². The third kappa shape index (κ3) is 6.91. The van der Waals surface area contributed by atoms with Crippen LogP contribution < -0.4 is 0 Å². The van der Waals surface area contributed by atoms with Crippen molar-refractivity contribution in [3.63, 3.8) is 0 Å². The summed E-state index contributed by atoms with van der Waals surface area (Å²) in [6, 6.07) is 18.5. The van der Waals surface area contributed by atoms with E-state index >= 15 is 0 Å². The van der Waals surface area contributed by atoms with Crippen LogP contribution in [0, 0.1) is 17.8 Å². The smallest absolute Gasteiger partial charge is 0.416 e. The lowest BCUT2D eigenvalue weighted by Gasteiger charge is -2.25. The third-order valence-corrected chi connectivity index (χ3v) is 6.00. The van der Waals surface area contributed by atoms with E-state index in [1.54, 1.807) is 24.3 Å². The van der Waals surface area contributed by atoms with Crippen LogP contribution in [0.2, 0.25) is 0 Å². The first kappa shape index (κ1) is 24.5. The van der Waals surface area contributed by atoms with Gasteiger partial charge in [-0.2, -0.15) is 0 Å². The summed E-state index contributed by atoms with van der Waals surface area (Å²) in [6.07, 6.45) is 1.50. The van der Waals surface area contributed by atoms with E-state index in [9.17, 15) is 14.4 Å². The number of benzene rings is 2. The van der Waals surface area contributed by atoms with Gasteiger partial charge >= 0.3 is 12.1 Å². The zero-order valence-corrected chi connectivity index (χ0v) is 19.6. The maximum atomic E-state index is 13.1. The Bertz CT molecular complexity index is 930. The molecule has 0 radical (unpaired) electrons. The largest absolute Gasteiger partial charge is 0.462 e. The Morgan fingerprint density at radius 1 is 0.970 bits per heavy atom. The molecule has 176 valence electrons. The van der Waals surface area contributed by atoms with Crippen molar-refractivity contribution in [3.05, 3.63) is 71.8 Å². The quantitative estimate of drug-likeness (QED) is 0.469. The number of imide groups is 1. The number of carbonyl (C=O) groups excluding carboxylic acids is 3. The van der Waals surface area contributed by atoms with Gasteiger partial charge in [0.2, 0.25) is 5.91 Å². The minimum Gasteiger partial charge on any atom is -0.462 e. The minimum absolute atomic E-state index is 0.164. The van der Waals surface area contributed by atoms with Crippen LogP contribution in [-0.2, 0) is 20.7 Å². The van der Waals surface area contributed by atoms with Gasteiger partial charge in [0.1, 0.15) is 6.61 Å².